The van der Waals surface area contributed by atoms with E-state index in [1.54, 1.807) is 19.1 Å². The lowest BCUT2D eigenvalue weighted by Gasteiger charge is -2.06. The van der Waals surface area contributed by atoms with Gasteiger partial charge in [-0.05, 0) is 30.7 Å². The predicted molar refractivity (Wildman–Crippen MR) is 88.5 cm³/mol. The molecule has 0 atom stereocenters. The van der Waals surface area contributed by atoms with E-state index in [9.17, 15) is 20.0 Å². The average molecular weight is 343 g/mol. The Morgan fingerprint density at radius 1 is 1.44 bits per heavy atom. The number of rotatable bonds is 5. The van der Waals surface area contributed by atoms with Crippen LogP contribution in [0.3, 0.4) is 0 Å². The molecule has 3 rings (SSSR count). The molecule has 0 aliphatic heterocycles. The van der Waals surface area contributed by atoms with Crippen molar-refractivity contribution in [3.05, 3.63) is 56.3 Å². The average Bonchev–Trinajstić information content (AvgIpc) is 3.04. The summed E-state index contributed by atoms with van der Waals surface area (Å²) in [7, 11) is 0. The number of phenols is 1. The van der Waals surface area contributed by atoms with Gasteiger partial charge in [-0.3, -0.25) is 20.0 Å². The van der Waals surface area contributed by atoms with Gasteiger partial charge in [0.15, 0.2) is 17.2 Å². The third-order valence-electron chi connectivity index (χ3n) is 3.34. The van der Waals surface area contributed by atoms with E-state index in [2.05, 4.69) is 15.1 Å². The predicted octanol–water partition coefficient (Wildman–Crippen LogP) is 1.60. The van der Waals surface area contributed by atoms with Crippen LogP contribution in [0.15, 0.2) is 29.3 Å². The Bertz CT molecular complexity index is 1040. The molecule has 0 fully saturated rings. The molecule has 0 amide bonds. The molecule has 128 valence electrons. The van der Waals surface area contributed by atoms with E-state index < -0.39 is 16.2 Å². The fourth-order valence-electron chi connectivity index (χ4n) is 2.23. The number of fused-ring (bicyclic) bond motifs is 1. The standard InChI is InChI=1S/C15H13N5O5/c1-2-25-12-7-9(4-6-11(12)21)3-5-10-13(20(23)24)14(22)19-15(18-10)16-8-17-19/h3-8,21H,2H2,1H3,(H,16,17,18). The number of H-pyrrole nitrogens is 1. The summed E-state index contributed by atoms with van der Waals surface area (Å²) in [6.07, 6.45) is 4.09. The van der Waals surface area contributed by atoms with Crippen molar-refractivity contribution in [1.29, 1.82) is 0 Å². The molecule has 1 aromatic carbocycles. The van der Waals surface area contributed by atoms with Gasteiger partial charge in [-0.2, -0.15) is 4.52 Å². The highest BCUT2D eigenvalue weighted by Crippen LogP contribution is 2.27. The topological polar surface area (TPSA) is 136 Å². The summed E-state index contributed by atoms with van der Waals surface area (Å²) in [6, 6.07) is 4.61. The number of hydrogen-bond donors (Lipinski definition) is 2. The highest BCUT2D eigenvalue weighted by Gasteiger charge is 2.22. The Labute approximate surface area is 140 Å². The van der Waals surface area contributed by atoms with Gasteiger partial charge in [-0.25, -0.2) is 9.97 Å². The molecular weight excluding hydrogens is 330 g/mol. The normalized spacial score (nSPS) is 11.2. The van der Waals surface area contributed by atoms with E-state index in [0.29, 0.717) is 12.2 Å². The summed E-state index contributed by atoms with van der Waals surface area (Å²) in [5.41, 5.74) is -1.03. The van der Waals surface area contributed by atoms with Gasteiger partial charge in [0.25, 0.3) is 5.78 Å². The van der Waals surface area contributed by atoms with Crippen LogP contribution in [0.2, 0.25) is 0 Å². The van der Waals surface area contributed by atoms with Crippen LogP contribution < -0.4 is 10.3 Å². The van der Waals surface area contributed by atoms with Gasteiger partial charge in [0.1, 0.15) is 6.33 Å². The lowest BCUT2D eigenvalue weighted by Crippen LogP contribution is -2.20. The number of nitrogens with zero attached hydrogens (tertiary/aromatic N) is 4. The van der Waals surface area contributed by atoms with Gasteiger partial charge in [0, 0.05) is 0 Å². The summed E-state index contributed by atoms with van der Waals surface area (Å²) in [4.78, 5) is 30.5. The van der Waals surface area contributed by atoms with Crippen molar-refractivity contribution in [3.63, 3.8) is 0 Å². The molecule has 0 radical (unpaired) electrons. The number of nitro groups is 1. The number of aromatic hydroxyl groups is 1. The van der Waals surface area contributed by atoms with E-state index in [0.717, 1.165) is 4.52 Å². The highest BCUT2D eigenvalue weighted by atomic mass is 16.6. The van der Waals surface area contributed by atoms with Gasteiger partial charge < -0.3 is 9.84 Å². The number of benzene rings is 1. The molecule has 0 unspecified atom stereocenters. The molecule has 3 aromatic rings. The maximum Gasteiger partial charge on any atom is 0.361 e. The van der Waals surface area contributed by atoms with Crippen LogP contribution in [0, 0.1) is 10.1 Å². The number of hydrogen-bond acceptors (Lipinski definition) is 7. The minimum absolute atomic E-state index is 0.0145. The quantitative estimate of drug-likeness (QED) is 0.530. The van der Waals surface area contributed by atoms with Crippen LogP contribution in [-0.4, -0.2) is 36.2 Å². The molecule has 25 heavy (non-hydrogen) atoms. The van der Waals surface area contributed by atoms with Crippen molar-refractivity contribution in [1.82, 2.24) is 19.6 Å². The van der Waals surface area contributed by atoms with Crippen LogP contribution in [-0.2, 0) is 0 Å². The van der Waals surface area contributed by atoms with E-state index in [-0.39, 0.29) is 23.0 Å². The van der Waals surface area contributed by atoms with Crippen molar-refractivity contribution in [2.45, 2.75) is 6.92 Å². The van der Waals surface area contributed by atoms with Crippen molar-refractivity contribution in [3.8, 4) is 11.5 Å². The maximum atomic E-state index is 12.2. The Morgan fingerprint density at radius 3 is 2.96 bits per heavy atom. The zero-order valence-corrected chi connectivity index (χ0v) is 13.0. The lowest BCUT2D eigenvalue weighted by molar-refractivity contribution is -0.386. The van der Waals surface area contributed by atoms with E-state index in [1.165, 1.54) is 24.5 Å². The first-order valence-electron chi connectivity index (χ1n) is 7.25. The summed E-state index contributed by atoms with van der Waals surface area (Å²) >= 11 is 0. The van der Waals surface area contributed by atoms with Crippen LogP contribution in [0.4, 0.5) is 5.69 Å². The second-order valence-electron chi connectivity index (χ2n) is 4.92. The lowest BCUT2D eigenvalue weighted by atomic mass is 10.1. The number of aromatic nitrogens is 4. The molecule has 0 spiro atoms. The van der Waals surface area contributed by atoms with Gasteiger partial charge in [-0.15, -0.1) is 0 Å². The van der Waals surface area contributed by atoms with E-state index >= 15 is 0 Å². The van der Waals surface area contributed by atoms with Crippen LogP contribution in [0.1, 0.15) is 18.2 Å². The number of nitrogens with one attached hydrogen (secondary N) is 1. The van der Waals surface area contributed by atoms with Crippen LogP contribution in [0.5, 0.6) is 11.5 Å². The zero-order chi connectivity index (χ0) is 18.0. The van der Waals surface area contributed by atoms with Crippen molar-refractivity contribution in [2.75, 3.05) is 6.61 Å². The van der Waals surface area contributed by atoms with Gasteiger partial charge >= 0.3 is 11.2 Å². The van der Waals surface area contributed by atoms with Crippen LogP contribution >= 0.6 is 0 Å². The second kappa shape index (κ2) is 6.43. The molecule has 0 aliphatic rings. The fraction of sp³-hybridized carbons (Fsp3) is 0.133. The number of aromatic amines is 1. The molecule has 10 heteroatoms. The summed E-state index contributed by atoms with van der Waals surface area (Å²) in [5.74, 6) is 0.296. The Balaban J connectivity index is 2.07. The molecule has 0 saturated carbocycles. The maximum absolute atomic E-state index is 12.2. The molecule has 10 nitrogen and oxygen atoms in total. The minimum Gasteiger partial charge on any atom is -0.504 e. The molecule has 2 heterocycles. The number of ether oxygens (including phenoxy) is 1. The van der Waals surface area contributed by atoms with Gasteiger partial charge in [0.05, 0.1) is 11.5 Å². The van der Waals surface area contributed by atoms with Crippen molar-refractivity contribution < 1.29 is 14.8 Å². The number of phenolic OH excluding ortho intramolecular Hbond substituents is 1. The fourth-order valence-corrected chi connectivity index (χ4v) is 2.23. The molecule has 2 aromatic heterocycles. The Kier molecular flexibility index (Phi) is 4.16. The largest absolute Gasteiger partial charge is 0.504 e. The molecule has 0 saturated heterocycles. The molecule has 0 bridgehead atoms. The summed E-state index contributed by atoms with van der Waals surface area (Å²) in [5, 5.41) is 23.4. The summed E-state index contributed by atoms with van der Waals surface area (Å²) in [6.45, 7) is 2.15. The highest BCUT2D eigenvalue weighted by molar-refractivity contribution is 5.73. The summed E-state index contributed by atoms with van der Waals surface area (Å²) < 4.78 is 6.17. The first kappa shape index (κ1) is 16.2. The second-order valence-corrected chi connectivity index (χ2v) is 4.92. The first-order chi connectivity index (χ1) is 12.0. The monoisotopic (exact) mass is 343 g/mol. The molecule has 2 N–H and O–H groups in total. The van der Waals surface area contributed by atoms with E-state index in [4.69, 9.17) is 4.74 Å². The Hall–Kier alpha value is -3.69. The van der Waals surface area contributed by atoms with Gasteiger partial charge in [0.2, 0.25) is 0 Å². The molecular formula is C15H13N5O5. The minimum atomic E-state index is -0.854. The van der Waals surface area contributed by atoms with Crippen molar-refractivity contribution >= 4 is 23.6 Å². The van der Waals surface area contributed by atoms with Gasteiger partial charge in [-0.1, -0.05) is 12.1 Å². The van der Waals surface area contributed by atoms with E-state index in [1.807, 2.05) is 0 Å². The van der Waals surface area contributed by atoms with Crippen LogP contribution in [0.25, 0.3) is 17.9 Å². The Morgan fingerprint density at radius 2 is 2.24 bits per heavy atom. The smallest absolute Gasteiger partial charge is 0.361 e. The van der Waals surface area contributed by atoms with Crippen molar-refractivity contribution in [2.24, 2.45) is 0 Å². The first-order valence-corrected chi connectivity index (χ1v) is 7.25. The SMILES string of the molecule is CCOc1cc(C=Cc2nc3nc[nH]n3c(=O)c2[N+](=O)[O-])ccc1O. The third kappa shape index (κ3) is 3.04. The molecule has 0 aliphatic carbocycles. The zero-order valence-electron chi connectivity index (χ0n) is 13.0. The third-order valence-corrected chi connectivity index (χ3v) is 3.34.